The van der Waals surface area contributed by atoms with Gasteiger partial charge in [-0.15, -0.1) is 0 Å². The molecule has 0 aromatic carbocycles. The van der Waals surface area contributed by atoms with Gasteiger partial charge in [-0.1, -0.05) is 18.5 Å². The SMILES string of the molecule is CCc1nn(C)c(Cn2nc(N)ccc2=O)c1Cl. The van der Waals surface area contributed by atoms with E-state index in [2.05, 4.69) is 10.2 Å². The number of nitrogen functional groups attached to an aromatic ring is 1. The van der Waals surface area contributed by atoms with Crippen molar-refractivity contribution >= 4 is 17.4 Å². The van der Waals surface area contributed by atoms with E-state index in [9.17, 15) is 4.79 Å². The number of anilines is 1. The van der Waals surface area contributed by atoms with Crippen LogP contribution in [0.4, 0.5) is 5.82 Å². The summed E-state index contributed by atoms with van der Waals surface area (Å²) in [6.07, 6.45) is 0.742. The topological polar surface area (TPSA) is 78.7 Å². The summed E-state index contributed by atoms with van der Waals surface area (Å²) in [4.78, 5) is 11.6. The molecule has 2 aromatic heterocycles. The zero-order valence-corrected chi connectivity index (χ0v) is 11.0. The third-order valence-corrected chi connectivity index (χ3v) is 3.13. The molecule has 0 fully saturated rings. The van der Waals surface area contributed by atoms with E-state index in [1.165, 1.54) is 16.8 Å². The van der Waals surface area contributed by atoms with Gasteiger partial charge < -0.3 is 5.73 Å². The fraction of sp³-hybridized carbons (Fsp3) is 0.364. The molecule has 0 bridgehead atoms. The van der Waals surface area contributed by atoms with Crippen LogP contribution in [0.25, 0.3) is 0 Å². The summed E-state index contributed by atoms with van der Waals surface area (Å²) in [5.74, 6) is 0.295. The molecule has 2 aromatic rings. The highest BCUT2D eigenvalue weighted by atomic mass is 35.5. The molecule has 0 atom stereocenters. The number of hydrogen-bond donors (Lipinski definition) is 1. The largest absolute Gasteiger partial charge is 0.382 e. The zero-order valence-electron chi connectivity index (χ0n) is 10.2. The molecule has 18 heavy (non-hydrogen) atoms. The molecule has 0 aliphatic heterocycles. The molecule has 7 heteroatoms. The molecule has 0 saturated heterocycles. The Bertz CT molecular complexity index is 631. The predicted octanol–water partition coefficient (Wildman–Crippen LogP) is 0.823. The number of nitrogens with two attached hydrogens (primary N) is 1. The second-order valence-electron chi connectivity index (χ2n) is 3.94. The number of nitrogens with zero attached hydrogens (tertiary/aromatic N) is 4. The Morgan fingerprint density at radius 1 is 1.39 bits per heavy atom. The summed E-state index contributed by atoms with van der Waals surface area (Å²) in [5.41, 5.74) is 6.90. The van der Waals surface area contributed by atoms with Crippen LogP contribution in [-0.2, 0) is 20.0 Å². The van der Waals surface area contributed by atoms with E-state index in [-0.39, 0.29) is 12.1 Å². The van der Waals surface area contributed by atoms with Gasteiger partial charge in [0, 0.05) is 13.1 Å². The third kappa shape index (κ3) is 2.24. The number of rotatable bonds is 3. The van der Waals surface area contributed by atoms with Gasteiger partial charge in [-0.05, 0) is 12.5 Å². The van der Waals surface area contributed by atoms with Gasteiger partial charge in [-0.3, -0.25) is 9.48 Å². The van der Waals surface area contributed by atoms with E-state index in [1.807, 2.05) is 6.92 Å². The molecular weight excluding hydrogens is 254 g/mol. The minimum Gasteiger partial charge on any atom is -0.382 e. The van der Waals surface area contributed by atoms with Crippen LogP contribution >= 0.6 is 11.6 Å². The van der Waals surface area contributed by atoms with E-state index in [4.69, 9.17) is 17.3 Å². The molecule has 0 radical (unpaired) electrons. The summed E-state index contributed by atoms with van der Waals surface area (Å²) in [7, 11) is 1.79. The molecule has 2 rings (SSSR count). The fourth-order valence-corrected chi connectivity index (χ4v) is 2.06. The van der Waals surface area contributed by atoms with Crippen LogP contribution in [-0.4, -0.2) is 19.6 Å². The second kappa shape index (κ2) is 4.81. The second-order valence-corrected chi connectivity index (χ2v) is 4.32. The predicted molar refractivity (Wildman–Crippen MR) is 69.6 cm³/mol. The van der Waals surface area contributed by atoms with Crippen molar-refractivity contribution in [3.63, 3.8) is 0 Å². The Hall–Kier alpha value is -1.82. The van der Waals surface area contributed by atoms with Gasteiger partial charge in [0.05, 0.1) is 23.0 Å². The van der Waals surface area contributed by atoms with E-state index in [1.54, 1.807) is 11.7 Å². The summed E-state index contributed by atoms with van der Waals surface area (Å²) < 4.78 is 2.94. The number of hydrogen-bond acceptors (Lipinski definition) is 4. The van der Waals surface area contributed by atoms with E-state index >= 15 is 0 Å². The van der Waals surface area contributed by atoms with Crippen LogP contribution in [0.1, 0.15) is 18.3 Å². The van der Waals surface area contributed by atoms with Crippen LogP contribution in [0.2, 0.25) is 5.02 Å². The molecule has 0 aliphatic carbocycles. The molecule has 2 heterocycles. The first-order valence-electron chi connectivity index (χ1n) is 5.56. The van der Waals surface area contributed by atoms with E-state index < -0.39 is 0 Å². The van der Waals surface area contributed by atoms with Crippen LogP contribution in [0.3, 0.4) is 0 Å². The average molecular weight is 268 g/mol. The molecule has 6 nitrogen and oxygen atoms in total. The minimum atomic E-state index is -0.223. The first kappa shape index (κ1) is 12.6. The highest BCUT2D eigenvalue weighted by Gasteiger charge is 2.14. The maximum atomic E-state index is 11.6. The van der Waals surface area contributed by atoms with Crippen molar-refractivity contribution in [1.82, 2.24) is 19.6 Å². The molecule has 2 N–H and O–H groups in total. The highest BCUT2D eigenvalue weighted by molar-refractivity contribution is 6.31. The summed E-state index contributed by atoms with van der Waals surface area (Å²) in [6.45, 7) is 2.23. The van der Waals surface area contributed by atoms with Gasteiger partial charge in [-0.25, -0.2) is 4.68 Å². The maximum Gasteiger partial charge on any atom is 0.267 e. The van der Waals surface area contributed by atoms with Crippen LogP contribution in [0, 0.1) is 0 Å². The molecule has 0 unspecified atom stereocenters. The van der Waals surface area contributed by atoms with Crippen molar-refractivity contribution in [2.24, 2.45) is 7.05 Å². The lowest BCUT2D eigenvalue weighted by atomic mass is 10.3. The summed E-state index contributed by atoms with van der Waals surface area (Å²) >= 11 is 6.21. The van der Waals surface area contributed by atoms with Gasteiger partial charge in [0.1, 0.15) is 5.82 Å². The molecule has 0 saturated carbocycles. The van der Waals surface area contributed by atoms with Crippen molar-refractivity contribution in [2.75, 3.05) is 5.73 Å². The van der Waals surface area contributed by atoms with Gasteiger partial charge in [0.2, 0.25) is 0 Å². The van der Waals surface area contributed by atoms with Crippen LogP contribution < -0.4 is 11.3 Å². The lowest BCUT2D eigenvalue weighted by Gasteiger charge is -2.05. The molecule has 0 aliphatic rings. The maximum absolute atomic E-state index is 11.6. The molecule has 0 spiro atoms. The Kier molecular flexibility index (Phi) is 3.38. The summed E-state index contributed by atoms with van der Waals surface area (Å²) in [5, 5.41) is 8.83. The van der Waals surface area contributed by atoms with Gasteiger partial charge >= 0.3 is 0 Å². The average Bonchev–Trinajstić information content (AvgIpc) is 2.61. The monoisotopic (exact) mass is 267 g/mol. The van der Waals surface area contributed by atoms with Crippen LogP contribution in [0.5, 0.6) is 0 Å². The van der Waals surface area contributed by atoms with E-state index in [0.717, 1.165) is 17.8 Å². The Labute approximate surface area is 109 Å². The van der Waals surface area contributed by atoms with Gasteiger partial charge in [0.25, 0.3) is 5.56 Å². The molecular formula is C11H14ClN5O. The zero-order chi connectivity index (χ0) is 13.3. The number of aromatic nitrogens is 4. The van der Waals surface area contributed by atoms with Crippen molar-refractivity contribution in [1.29, 1.82) is 0 Å². The molecule has 0 amide bonds. The summed E-state index contributed by atoms with van der Waals surface area (Å²) in [6, 6.07) is 2.86. The lowest BCUT2D eigenvalue weighted by molar-refractivity contribution is 0.593. The van der Waals surface area contributed by atoms with Gasteiger partial charge in [0.15, 0.2) is 0 Å². The standard InChI is InChI=1S/C11H14ClN5O/c1-3-7-11(12)8(16(2)14-7)6-17-10(18)5-4-9(13)15-17/h4-5H,3,6H2,1-2H3,(H2,13,15). The van der Waals surface area contributed by atoms with Gasteiger partial charge in [-0.2, -0.15) is 10.2 Å². The van der Waals surface area contributed by atoms with Crippen molar-refractivity contribution in [3.05, 3.63) is 38.9 Å². The quantitative estimate of drug-likeness (QED) is 0.893. The Balaban J connectivity index is 2.43. The smallest absolute Gasteiger partial charge is 0.267 e. The number of halogens is 1. The van der Waals surface area contributed by atoms with E-state index in [0.29, 0.717) is 10.8 Å². The molecule has 96 valence electrons. The van der Waals surface area contributed by atoms with Crippen molar-refractivity contribution < 1.29 is 0 Å². The normalized spacial score (nSPS) is 10.8. The van der Waals surface area contributed by atoms with Crippen molar-refractivity contribution in [3.8, 4) is 0 Å². The van der Waals surface area contributed by atoms with Crippen LogP contribution in [0.15, 0.2) is 16.9 Å². The Morgan fingerprint density at radius 2 is 2.11 bits per heavy atom. The first-order valence-corrected chi connectivity index (χ1v) is 5.94. The lowest BCUT2D eigenvalue weighted by Crippen LogP contribution is -2.24. The third-order valence-electron chi connectivity index (χ3n) is 2.69. The Morgan fingerprint density at radius 3 is 2.72 bits per heavy atom. The fourth-order valence-electron chi connectivity index (χ4n) is 1.71. The first-order chi connectivity index (χ1) is 8.52. The minimum absolute atomic E-state index is 0.223. The number of aryl methyl sites for hydroxylation is 2. The highest BCUT2D eigenvalue weighted by Crippen LogP contribution is 2.21. The van der Waals surface area contributed by atoms with Crippen molar-refractivity contribution in [2.45, 2.75) is 19.9 Å².